The smallest absolute Gasteiger partial charge is 0.321 e. The van der Waals surface area contributed by atoms with Crippen LogP contribution in [-0.4, -0.2) is 34.1 Å². The highest BCUT2D eigenvalue weighted by Gasteiger charge is 2.19. The van der Waals surface area contributed by atoms with Gasteiger partial charge in [-0.1, -0.05) is 36.4 Å². The zero-order valence-electron chi connectivity index (χ0n) is 18.1. The number of aliphatic hydroxyl groups is 1. The molecule has 0 unspecified atom stereocenters. The third-order valence-corrected chi connectivity index (χ3v) is 5.14. The largest absolute Gasteiger partial charge is 0.392 e. The summed E-state index contributed by atoms with van der Waals surface area (Å²) in [6.45, 7) is 12.8. The van der Waals surface area contributed by atoms with E-state index in [0.717, 1.165) is 33.8 Å². The van der Waals surface area contributed by atoms with Crippen molar-refractivity contribution in [1.29, 1.82) is 0 Å². The van der Waals surface area contributed by atoms with Crippen molar-refractivity contribution >= 4 is 23.2 Å². The van der Waals surface area contributed by atoms with E-state index in [1.54, 1.807) is 18.0 Å². The van der Waals surface area contributed by atoms with E-state index in [1.165, 1.54) is 11.1 Å². The van der Waals surface area contributed by atoms with Gasteiger partial charge in [0.25, 0.3) is 0 Å². The molecule has 2 amide bonds. The molecule has 2 aromatic rings. The number of nitrogens with one attached hydrogen (secondary N) is 1. The first-order chi connectivity index (χ1) is 14.2. The highest BCUT2D eigenvalue weighted by atomic mass is 35.5. The number of nitrogens with zero attached hydrogens (tertiary/aromatic N) is 2. The number of pyridine rings is 1. The molecule has 160 valence electrons. The maximum Gasteiger partial charge on any atom is 0.321 e. The summed E-state index contributed by atoms with van der Waals surface area (Å²) in [5.41, 5.74) is 7.15. The average Bonchev–Trinajstić information content (AvgIpc) is 2.71. The van der Waals surface area contributed by atoms with Crippen molar-refractivity contribution in [2.24, 2.45) is 0 Å². The summed E-state index contributed by atoms with van der Waals surface area (Å²) < 4.78 is 0. The summed E-state index contributed by atoms with van der Waals surface area (Å²) in [5, 5.41) is 12.6. The molecule has 0 atom stereocenters. The Morgan fingerprint density at radius 1 is 1.23 bits per heavy atom. The van der Waals surface area contributed by atoms with Crippen molar-refractivity contribution in [1.82, 2.24) is 15.2 Å². The Balaban J connectivity index is 0.000000297. The molecule has 2 N–H and O–H groups in total. The SMILES string of the molecule is C=C(C)NC(=O)N1CC=C(c2ncc(CO)cc2C)CC1.Cc1ccc(Cl)cc1C. The van der Waals surface area contributed by atoms with Crippen LogP contribution in [0.4, 0.5) is 4.79 Å². The molecule has 3 rings (SSSR count). The van der Waals surface area contributed by atoms with E-state index in [-0.39, 0.29) is 12.6 Å². The summed E-state index contributed by atoms with van der Waals surface area (Å²) in [6.07, 6.45) is 4.51. The lowest BCUT2D eigenvalue weighted by Gasteiger charge is -2.27. The van der Waals surface area contributed by atoms with E-state index >= 15 is 0 Å². The van der Waals surface area contributed by atoms with Gasteiger partial charge in [-0.25, -0.2) is 4.79 Å². The van der Waals surface area contributed by atoms with Crippen molar-refractivity contribution in [3.05, 3.63) is 81.8 Å². The molecule has 1 aliphatic rings. The number of aryl methyl sites for hydroxylation is 3. The number of hydrogen-bond acceptors (Lipinski definition) is 3. The minimum absolute atomic E-state index is 0.00200. The van der Waals surface area contributed by atoms with E-state index in [9.17, 15) is 4.79 Å². The van der Waals surface area contributed by atoms with Gasteiger partial charge in [0.2, 0.25) is 0 Å². The van der Waals surface area contributed by atoms with Crippen LogP contribution in [0.25, 0.3) is 5.57 Å². The molecular formula is C24H30ClN3O2. The second-order valence-electron chi connectivity index (χ2n) is 7.53. The van der Waals surface area contributed by atoms with Crippen LogP contribution < -0.4 is 5.32 Å². The van der Waals surface area contributed by atoms with Crippen LogP contribution in [0.1, 0.15) is 41.3 Å². The number of carbonyl (C=O) groups is 1. The molecule has 0 spiro atoms. The molecule has 0 bridgehead atoms. The van der Waals surface area contributed by atoms with Crippen LogP contribution >= 0.6 is 11.6 Å². The van der Waals surface area contributed by atoms with Gasteiger partial charge in [0, 0.05) is 30.0 Å². The van der Waals surface area contributed by atoms with Crippen molar-refractivity contribution in [3.8, 4) is 0 Å². The molecule has 0 saturated heterocycles. The minimum Gasteiger partial charge on any atom is -0.392 e. The summed E-state index contributed by atoms with van der Waals surface area (Å²) in [7, 11) is 0. The zero-order valence-corrected chi connectivity index (χ0v) is 18.9. The van der Waals surface area contributed by atoms with Crippen LogP contribution in [0.2, 0.25) is 5.02 Å². The molecule has 30 heavy (non-hydrogen) atoms. The topological polar surface area (TPSA) is 65.5 Å². The number of halogens is 1. The molecule has 0 radical (unpaired) electrons. The predicted octanol–water partition coefficient (Wildman–Crippen LogP) is 5.17. The van der Waals surface area contributed by atoms with E-state index in [4.69, 9.17) is 16.7 Å². The quantitative estimate of drug-likeness (QED) is 0.709. The van der Waals surface area contributed by atoms with Crippen molar-refractivity contribution in [2.75, 3.05) is 13.1 Å². The molecule has 1 aromatic heterocycles. The molecule has 1 aromatic carbocycles. The number of urea groups is 1. The third-order valence-electron chi connectivity index (χ3n) is 4.91. The van der Waals surface area contributed by atoms with Gasteiger partial charge in [0.1, 0.15) is 0 Å². The van der Waals surface area contributed by atoms with Crippen LogP contribution in [0.5, 0.6) is 0 Å². The van der Waals surface area contributed by atoms with Crippen molar-refractivity contribution in [2.45, 2.75) is 40.7 Å². The van der Waals surface area contributed by atoms with Crippen molar-refractivity contribution in [3.63, 3.8) is 0 Å². The Bertz CT molecular complexity index is 953. The molecule has 5 nitrogen and oxygen atoms in total. The highest BCUT2D eigenvalue weighted by molar-refractivity contribution is 6.30. The van der Waals surface area contributed by atoms with Gasteiger partial charge in [-0.2, -0.15) is 0 Å². The lowest BCUT2D eigenvalue weighted by atomic mass is 10.00. The van der Waals surface area contributed by atoms with Crippen molar-refractivity contribution < 1.29 is 9.90 Å². The summed E-state index contributed by atoms with van der Waals surface area (Å²) in [5.74, 6) is 0. The number of rotatable bonds is 3. The van der Waals surface area contributed by atoms with Gasteiger partial charge in [-0.3, -0.25) is 4.98 Å². The van der Waals surface area contributed by atoms with Gasteiger partial charge >= 0.3 is 6.03 Å². The second kappa shape index (κ2) is 11.0. The maximum absolute atomic E-state index is 11.9. The molecule has 6 heteroatoms. The van der Waals surface area contributed by atoms with Crippen LogP contribution in [0.3, 0.4) is 0 Å². The maximum atomic E-state index is 11.9. The first-order valence-electron chi connectivity index (χ1n) is 9.91. The van der Waals surface area contributed by atoms with Gasteiger partial charge in [-0.15, -0.1) is 0 Å². The number of hydrogen-bond donors (Lipinski definition) is 2. The number of allylic oxidation sites excluding steroid dienone is 1. The fourth-order valence-electron chi connectivity index (χ4n) is 3.09. The van der Waals surface area contributed by atoms with E-state index in [1.807, 2.05) is 37.3 Å². The number of aromatic nitrogens is 1. The highest BCUT2D eigenvalue weighted by Crippen LogP contribution is 2.24. The summed E-state index contributed by atoms with van der Waals surface area (Å²) in [4.78, 5) is 18.1. The zero-order chi connectivity index (χ0) is 22.3. The molecule has 1 aliphatic heterocycles. The summed E-state index contributed by atoms with van der Waals surface area (Å²) >= 11 is 5.72. The fourth-order valence-corrected chi connectivity index (χ4v) is 3.32. The molecular weight excluding hydrogens is 398 g/mol. The lowest BCUT2D eigenvalue weighted by Crippen LogP contribution is -2.41. The number of carbonyl (C=O) groups excluding carboxylic acids is 1. The second-order valence-corrected chi connectivity index (χ2v) is 7.97. The Morgan fingerprint density at radius 3 is 2.47 bits per heavy atom. The molecule has 2 heterocycles. The minimum atomic E-state index is -0.113. The Hall–Kier alpha value is -2.63. The van der Waals surface area contributed by atoms with E-state index in [0.29, 0.717) is 18.8 Å². The van der Waals surface area contributed by atoms with E-state index < -0.39 is 0 Å². The fraction of sp³-hybridized carbons (Fsp3) is 0.333. The predicted molar refractivity (Wildman–Crippen MR) is 123 cm³/mol. The molecule has 0 fully saturated rings. The van der Waals surface area contributed by atoms with Gasteiger partial charge < -0.3 is 15.3 Å². The van der Waals surface area contributed by atoms with Gasteiger partial charge in [0.05, 0.1) is 12.3 Å². The Kier molecular flexibility index (Phi) is 8.63. The van der Waals surface area contributed by atoms with Gasteiger partial charge in [0.15, 0.2) is 0 Å². The third kappa shape index (κ3) is 6.71. The number of aliphatic hydroxyl groups excluding tert-OH is 1. The normalized spacial score (nSPS) is 13.1. The van der Waals surface area contributed by atoms with Crippen LogP contribution in [-0.2, 0) is 6.61 Å². The van der Waals surface area contributed by atoms with E-state index in [2.05, 4.69) is 30.7 Å². The lowest BCUT2D eigenvalue weighted by molar-refractivity contribution is 0.206. The number of benzene rings is 1. The molecule has 0 aliphatic carbocycles. The standard InChI is InChI=1S/C16H21N3O2.C8H9Cl/c1-11(2)18-16(21)19-6-4-14(5-7-19)15-12(3)8-13(10-20)9-17-15;1-6-3-4-8(9)5-7(6)2/h4,8-9,20H,1,5-7,10H2,2-3H3,(H,18,21);3-5H,1-2H3. The average molecular weight is 428 g/mol. The monoisotopic (exact) mass is 427 g/mol. The Labute approximate surface area is 184 Å². The summed E-state index contributed by atoms with van der Waals surface area (Å²) in [6, 6.07) is 7.74. The van der Waals surface area contributed by atoms with Crippen LogP contribution in [0, 0.1) is 20.8 Å². The van der Waals surface area contributed by atoms with Gasteiger partial charge in [-0.05, 0) is 74.1 Å². The van der Waals surface area contributed by atoms with Crippen LogP contribution in [0.15, 0.2) is 48.8 Å². The molecule has 0 saturated carbocycles. The first-order valence-corrected chi connectivity index (χ1v) is 10.3. The first kappa shape index (κ1) is 23.6. The number of amides is 2. The Morgan fingerprint density at radius 2 is 1.97 bits per heavy atom.